The monoisotopic (exact) mass is 184 g/mol. The zero-order valence-electron chi connectivity index (χ0n) is 8.09. The SMILES string of the molecule is CC[C@H](C)NC(=O)C(=O)NC1CC1. The van der Waals surface area contributed by atoms with Crippen molar-refractivity contribution < 1.29 is 9.59 Å². The lowest BCUT2D eigenvalue weighted by molar-refractivity contribution is -0.139. The average Bonchev–Trinajstić information content (AvgIpc) is 2.87. The summed E-state index contributed by atoms with van der Waals surface area (Å²) in [5, 5.41) is 5.24. The highest BCUT2D eigenvalue weighted by Crippen LogP contribution is 2.18. The van der Waals surface area contributed by atoms with E-state index in [1.807, 2.05) is 13.8 Å². The summed E-state index contributed by atoms with van der Waals surface area (Å²) in [6, 6.07) is 0.313. The van der Waals surface area contributed by atoms with Crippen molar-refractivity contribution in [1.29, 1.82) is 0 Å². The Bertz CT molecular complexity index is 212. The largest absolute Gasteiger partial charge is 0.345 e. The predicted molar refractivity (Wildman–Crippen MR) is 49.1 cm³/mol. The smallest absolute Gasteiger partial charge is 0.309 e. The summed E-state index contributed by atoms with van der Waals surface area (Å²) in [5.41, 5.74) is 0. The molecule has 0 aliphatic heterocycles. The van der Waals surface area contributed by atoms with Crippen LogP contribution >= 0.6 is 0 Å². The zero-order chi connectivity index (χ0) is 9.84. The third-order valence-corrected chi connectivity index (χ3v) is 2.11. The van der Waals surface area contributed by atoms with Crippen LogP contribution in [0.3, 0.4) is 0 Å². The highest BCUT2D eigenvalue weighted by molar-refractivity contribution is 6.35. The molecular formula is C9H16N2O2. The van der Waals surface area contributed by atoms with Crippen LogP contribution in [0.5, 0.6) is 0 Å². The molecule has 1 fully saturated rings. The Balaban J connectivity index is 2.24. The first-order valence-electron chi connectivity index (χ1n) is 4.74. The van der Waals surface area contributed by atoms with Gasteiger partial charge in [0.2, 0.25) is 0 Å². The van der Waals surface area contributed by atoms with Crippen LogP contribution in [0.1, 0.15) is 33.1 Å². The molecule has 0 unspecified atom stereocenters. The van der Waals surface area contributed by atoms with Gasteiger partial charge in [-0.25, -0.2) is 0 Å². The maximum absolute atomic E-state index is 11.2. The summed E-state index contributed by atoms with van der Waals surface area (Å²) in [7, 11) is 0. The van der Waals surface area contributed by atoms with Gasteiger partial charge in [0, 0.05) is 12.1 Å². The quantitative estimate of drug-likeness (QED) is 0.615. The van der Waals surface area contributed by atoms with Gasteiger partial charge in [-0.1, -0.05) is 6.92 Å². The van der Waals surface area contributed by atoms with E-state index < -0.39 is 11.8 Å². The van der Waals surface area contributed by atoms with Gasteiger partial charge in [-0.05, 0) is 26.2 Å². The molecule has 1 aliphatic rings. The number of hydrogen-bond acceptors (Lipinski definition) is 2. The second-order valence-electron chi connectivity index (χ2n) is 3.53. The second-order valence-corrected chi connectivity index (χ2v) is 3.53. The van der Waals surface area contributed by atoms with Gasteiger partial charge in [0.15, 0.2) is 0 Å². The third-order valence-electron chi connectivity index (χ3n) is 2.11. The van der Waals surface area contributed by atoms with E-state index in [1.165, 1.54) is 0 Å². The van der Waals surface area contributed by atoms with Crippen LogP contribution in [0, 0.1) is 0 Å². The Morgan fingerprint density at radius 3 is 2.46 bits per heavy atom. The fourth-order valence-corrected chi connectivity index (χ4v) is 0.870. The van der Waals surface area contributed by atoms with Crippen LogP contribution in [-0.2, 0) is 9.59 Å². The van der Waals surface area contributed by atoms with Crippen LogP contribution in [0.15, 0.2) is 0 Å². The van der Waals surface area contributed by atoms with E-state index >= 15 is 0 Å². The Kier molecular flexibility index (Phi) is 3.28. The van der Waals surface area contributed by atoms with E-state index in [0.29, 0.717) is 0 Å². The maximum Gasteiger partial charge on any atom is 0.309 e. The van der Waals surface area contributed by atoms with Gasteiger partial charge < -0.3 is 10.6 Å². The molecule has 2 N–H and O–H groups in total. The van der Waals surface area contributed by atoms with Crippen LogP contribution in [0.4, 0.5) is 0 Å². The van der Waals surface area contributed by atoms with Crippen LogP contribution in [0.2, 0.25) is 0 Å². The molecule has 1 aliphatic carbocycles. The Morgan fingerprint density at radius 1 is 1.38 bits per heavy atom. The summed E-state index contributed by atoms with van der Waals surface area (Å²) in [6.07, 6.45) is 2.84. The third kappa shape index (κ3) is 3.44. The molecule has 0 spiro atoms. The first kappa shape index (κ1) is 10.0. The molecule has 13 heavy (non-hydrogen) atoms. The zero-order valence-corrected chi connectivity index (χ0v) is 8.09. The van der Waals surface area contributed by atoms with Crippen molar-refractivity contribution in [2.45, 2.75) is 45.2 Å². The first-order valence-corrected chi connectivity index (χ1v) is 4.74. The van der Waals surface area contributed by atoms with E-state index in [4.69, 9.17) is 0 Å². The topological polar surface area (TPSA) is 58.2 Å². The minimum Gasteiger partial charge on any atom is -0.345 e. The molecule has 0 aromatic heterocycles. The van der Waals surface area contributed by atoms with Gasteiger partial charge in [-0.2, -0.15) is 0 Å². The molecular weight excluding hydrogens is 168 g/mol. The normalized spacial score (nSPS) is 17.7. The van der Waals surface area contributed by atoms with Crippen molar-refractivity contribution in [1.82, 2.24) is 10.6 Å². The Hall–Kier alpha value is -1.06. The van der Waals surface area contributed by atoms with Crippen molar-refractivity contribution in [2.75, 3.05) is 0 Å². The predicted octanol–water partition coefficient (Wildman–Crippen LogP) is 0.180. The van der Waals surface area contributed by atoms with E-state index in [-0.39, 0.29) is 12.1 Å². The van der Waals surface area contributed by atoms with E-state index in [0.717, 1.165) is 19.3 Å². The van der Waals surface area contributed by atoms with Crippen LogP contribution in [-0.4, -0.2) is 23.9 Å². The fourth-order valence-electron chi connectivity index (χ4n) is 0.870. The number of rotatable bonds is 3. The number of carbonyl (C=O) groups is 2. The number of carbonyl (C=O) groups excluding carboxylic acids is 2. The lowest BCUT2D eigenvalue weighted by atomic mass is 10.2. The fraction of sp³-hybridized carbons (Fsp3) is 0.778. The van der Waals surface area contributed by atoms with Crippen molar-refractivity contribution >= 4 is 11.8 Å². The summed E-state index contributed by atoms with van der Waals surface area (Å²) in [5.74, 6) is -1.01. The van der Waals surface area contributed by atoms with Gasteiger partial charge in [-0.3, -0.25) is 9.59 Å². The van der Waals surface area contributed by atoms with Crippen LogP contribution in [0.25, 0.3) is 0 Å². The van der Waals surface area contributed by atoms with Gasteiger partial charge in [0.25, 0.3) is 0 Å². The number of amides is 2. The van der Waals surface area contributed by atoms with Gasteiger partial charge in [-0.15, -0.1) is 0 Å². The van der Waals surface area contributed by atoms with E-state index in [9.17, 15) is 9.59 Å². The summed E-state index contributed by atoms with van der Waals surface area (Å²) in [4.78, 5) is 22.3. The second kappa shape index (κ2) is 4.25. The average molecular weight is 184 g/mol. The first-order chi connectivity index (χ1) is 6.13. The standard InChI is InChI=1S/C9H16N2O2/c1-3-6(2)10-8(12)9(13)11-7-4-5-7/h6-7H,3-5H2,1-2H3,(H,10,12)(H,11,13)/t6-/m0/s1. The molecule has 0 radical (unpaired) electrons. The van der Waals surface area contributed by atoms with Crippen LogP contribution < -0.4 is 10.6 Å². The van der Waals surface area contributed by atoms with Gasteiger partial charge >= 0.3 is 11.8 Å². The van der Waals surface area contributed by atoms with Crippen molar-refractivity contribution in [3.63, 3.8) is 0 Å². The minimum atomic E-state index is -0.513. The molecule has 4 nitrogen and oxygen atoms in total. The maximum atomic E-state index is 11.2. The Labute approximate surface area is 78.1 Å². The van der Waals surface area contributed by atoms with E-state index in [1.54, 1.807) is 0 Å². The lowest BCUT2D eigenvalue weighted by Gasteiger charge is -2.10. The molecule has 0 aromatic carbocycles. The molecule has 1 saturated carbocycles. The molecule has 0 heterocycles. The highest BCUT2D eigenvalue weighted by Gasteiger charge is 2.26. The summed E-state index contributed by atoms with van der Waals surface area (Å²) in [6.45, 7) is 3.84. The van der Waals surface area contributed by atoms with Gasteiger partial charge in [0.05, 0.1) is 0 Å². The minimum absolute atomic E-state index is 0.0671. The summed E-state index contributed by atoms with van der Waals surface area (Å²) >= 11 is 0. The molecule has 1 rings (SSSR count). The molecule has 74 valence electrons. The number of hydrogen-bond donors (Lipinski definition) is 2. The van der Waals surface area contributed by atoms with Crippen molar-refractivity contribution in [3.05, 3.63) is 0 Å². The Morgan fingerprint density at radius 2 is 2.00 bits per heavy atom. The molecule has 0 saturated heterocycles. The molecule has 0 aromatic rings. The van der Waals surface area contributed by atoms with Gasteiger partial charge in [0.1, 0.15) is 0 Å². The highest BCUT2D eigenvalue weighted by atomic mass is 16.2. The van der Waals surface area contributed by atoms with E-state index in [2.05, 4.69) is 10.6 Å². The summed E-state index contributed by atoms with van der Waals surface area (Å²) < 4.78 is 0. The molecule has 1 atom stereocenters. The molecule has 4 heteroatoms. The lowest BCUT2D eigenvalue weighted by Crippen LogP contribution is -2.44. The molecule has 2 amide bonds. The molecule has 0 bridgehead atoms. The number of nitrogens with one attached hydrogen (secondary N) is 2. The van der Waals surface area contributed by atoms with Crippen molar-refractivity contribution in [3.8, 4) is 0 Å². The van der Waals surface area contributed by atoms with Crippen molar-refractivity contribution in [2.24, 2.45) is 0 Å².